The van der Waals surface area contributed by atoms with Crippen LogP contribution in [0.3, 0.4) is 0 Å². The number of hydrogen-bond acceptors (Lipinski definition) is 4. The Bertz CT molecular complexity index is 361. The van der Waals surface area contributed by atoms with Crippen molar-refractivity contribution in [2.24, 2.45) is 0 Å². The van der Waals surface area contributed by atoms with Crippen LogP contribution in [-0.4, -0.2) is 37.3 Å². The number of ether oxygens (including phenoxy) is 2. The maximum absolute atomic E-state index is 12.7. The zero-order chi connectivity index (χ0) is 15.3. The average Bonchev–Trinajstić information content (AvgIpc) is 2.19. The van der Waals surface area contributed by atoms with E-state index in [0.717, 1.165) is 0 Å². The smallest absolute Gasteiger partial charge is 0.394 e. The highest BCUT2D eigenvalue weighted by Crippen LogP contribution is 2.31. The third-order valence-corrected chi connectivity index (χ3v) is 1.57. The molecular weight excluding hydrogens is 279 g/mol. The van der Waals surface area contributed by atoms with Gasteiger partial charge in [-0.05, 0) is 6.92 Å². The van der Waals surface area contributed by atoms with E-state index >= 15 is 0 Å². The molecule has 0 saturated carbocycles. The lowest BCUT2D eigenvalue weighted by molar-refractivity contribution is -0.204. The Morgan fingerprint density at radius 3 is 2.05 bits per heavy atom. The van der Waals surface area contributed by atoms with Crippen LogP contribution in [0.1, 0.15) is 13.3 Å². The Balaban J connectivity index is 4.09. The van der Waals surface area contributed by atoms with Gasteiger partial charge in [-0.1, -0.05) is 6.58 Å². The molecule has 0 fully saturated rings. The molecule has 0 aliphatic heterocycles. The van der Waals surface area contributed by atoms with Gasteiger partial charge in [0.2, 0.25) is 0 Å². The van der Waals surface area contributed by atoms with Crippen molar-refractivity contribution in [2.45, 2.75) is 25.4 Å². The van der Waals surface area contributed by atoms with Crippen LogP contribution in [0.4, 0.5) is 22.0 Å². The summed E-state index contributed by atoms with van der Waals surface area (Å²) in [5.74, 6) is -6.55. The van der Waals surface area contributed by atoms with Gasteiger partial charge in [0, 0.05) is 5.57 Å². The van der Waals surface area contributed by atoms with E-state index in [0.29, 0.717) is 0 Å². The minimum Gasteiger partial charge on any atom is -0.457 e. The first-order valence-electron chi connectivity index (χ1n) is 4.86. The van der Waals surface area contributed by atoms with E-state index in [9.17, 15) is 31.5 Å². The summed E-state index contributed by atoms with van der Waals surface area (Å²) in [5.41, 5.74) is -0.0322. The summed E-state index contributed by atoms with van der Waals surface area (Å²) < 4.78 is 68.7. The summed E-state index contributed by atoms with van der Waals surface area (Å²) >= 11 is 0. The number of carbonyl (C=O) groups excluding carboxylic acids is 2. The Morgan fingerprint density at radius 2 is 1.63 bits per heavy atom. The van der Waals surface area contributed by atoms with Gasteiger partial charge >= 0.3 is 18.1 Å². The molecule has 4 nitrogen and oxygen atoms in total. The zero-order valence-electron chi connectivity index (χ0n) is 9.85. The molecule has 0 heterocycles. The highest BCUT2D eigenvalue weighted by Gasteiger charge is 2.44. The molecule has 0 atom stereocenters. The first-order valence-corrected chi connectivity index (χ1v) is 4.86. The van der Waals surface area contributed by atoms with Crippen LogP contribution in [-0.2, 0) is 19.1 Å². The quantitative estimate of drug-likeness (QED) is 0.427. The van der Waals surface area contributed by atoms with E-state index < -0.39 is 43.7 Å². The van der Waals surface area contributed by atoms with E-state index in [1.54, 1.807) is 0 Å². The molecule has 0 radical (unpaired) electrons. The number of carbonyl (C=O) groups is 2. The molecular formula is C10H11F5O4. The van der Waals surface area contributed by atoms with Gasteiger partial charge in [-0.3, -0.25) is 0 Å². The predicted molar refractivity (Wildman–Crippen MR) is 52.4 cm³/mol. The Morgan fingerprint density at radius 1 is 1.11 bits per heavy atom. The van der Waals surface area contributed by atoms with Crippen LogP contribution >= 0.6 is 0 Å². The van der Waals surface area contributed by atoms with Crippen molar-refractivity contribution in [3.05, 3.63) is 12.2 Å². The summed E-state index contributed by atoms with van der Waals surface area (Å²) in [6, 6.07) is 0. The van der Waals surface area contributed by atoms with Crippen molar-refractivity contribution in [1.82, 2.24) is 0 Å². The van der Waals surface area contributed by atoms with Gasteiger partial charge < -0.3 is 9.47 Å². The first-order chi connectivity index (χ1) is 8.43. The highest BCUT2D eigenvalue weighted by atomic mass is 19.4. The van der Waals surface area contributed by atoms with Crippen LogP contribution in [0.25, 0.3) is 0 Å². The average molecular weight is 290 g/mol. The van der Waals surface area contributed by atoms with Gasteiger partial charge in [0.25, 0.3) is 5.92 Å². The fourth-order valence-electron chi connectivity index (χ4n) is 0.820. The molecule has 19 heavy (non-hydrogen) atoms. The lowest BCUT2D eigenvalue weighted by atomic mass is 10.2. The number of alkyl halides is 5. The second-order valence-electron chi connectivity index (χ2n) is 3.67. The third-order valence-electron chi connectivity index (χ3n) is 1.57. The van der Waals surface area contributed by atoms with Crippen molar-refractivity contribution in [1.29, 1.82) is 0 Å². The van der Waals surface area contributed by atoms with Crippen molar-refractivity contribution in [2.75, 3.05) is 13.2 Å². The molecule has 0 N–H and O–H groups in total. The summed E-state index contributed by atoms with van der Waals surface area (Å²) in [6.45, 7) is 1.75. The summed E-state index contributed by atoms with van der Waals surface area (Å²) in [4.78, 5) is 21.6. The van der Waals surface area contributed by atoms with Gasteiger partial charge in [0.1, 0.15) is 6.42 Å². The van der Waals surface area contributed by atoms with Crippen molar-refractivity contribution in [3.63, 3.8) is 0 Å². The molecule has 0 unspecified atom stereocenters. The van der Waals surface area contributed by atoms with Gasteiger partial charge in [0.05, 0.1) is 0 Å². The lowest BCUT2D eigenvalue weighted by Crippen LogP contribution is -2.32. The predicted octanol–water partition coefficient (Wildman–Crippen LogP) is 2.24. The zero-order valence-corrected chi connectivity index (χ0v) is 9.85. The molecule has 0 spiro atoms. The topological polar surface area (TPSA) is 52.6 Å². The summed E-state index contributed by atoms with van der Waals surface area (Å²) in [6.07, 6.45) is -7.48. The van der Waals surface area contributed by atoms with E-state index in [1.807, 2.05) is 0 Å². The van der Waals surface area contributed by atoms with Crippen molar-refractivity contribution in [3.8, 4) is 0 Å². The van der Waals surface area contributed by atoms with Crippen molar-refractivity contribution < 1.29 is 41.0 Å². The third kappa shape index (κ3) is 8.97. The standard InChI is InChI=1S/C10H11F5O4/c1-6(2)8(17)18-3-7(16)19-5-9(11,12)4-10(13,14)15/h1,3-5H2,2H3. The molecule has 0 aliphatic carbocycles. The molecule has 0 aromatic rings. The normalized spacial score (nSPS) is 11.9. The summed E-state index contributed by atoms with van der Waals surface area (Å²) in [7, 11) is 0. The van der Waals surface area contributed by atoms with Gasteiger partial charge in [-0.25, -0.2) is 18.4 Å². The van der Waals surface area contributed by atoms with Gasteiger partial charge in [-0.15, -0.1) is 0 Å². The maximum atomic E-state index is 12.7. The molecule has 0 rings (SSSR count). The summed E-state index contributed by atoms with van der Waals surface area (Å²) in [5, 5.41) is 0. The van der Waals surface area contributed by atoms with Gasteiger partial charge in [0.15, 0.2) is 13.2 Å². The number of hydrogen-bond donors (Lipinski definition) is 0. The Hall–Kier alpha value is -1.67. The minimum atomic E-state index is -5.08. The second kappa shape index (κ2) is 6.48. The van der Waals surface area contributed by atoms with Gasteiger partial charge in [-0.2, -0.15) is 13.2 Å². The van der Waals surface area contributed by atoms with Crippen LogP contribution in [0.2, 0.25) is 0 Å². The molecule has 9 heteroatoms. The molecule has 0 aromatic carbocycles. The molecule has 0 saturated heterocycles. The largest absolute Gasteiger partial charge is 0.457 e. The number of halogens is 5. The van der Waals surface area contributed by atoms with Crippen LogP contribution in [0.5, 0.6) is 0 Å². The number of rotatable bonds is 6. The molecule has 110 valence electrons. The van der Waals surface area contributed by atoms with Crippen LogP contribution < -0.4 is 0 Å². The highest BCUT2D eigenvalue weighted by molar-refractivity contribution is 5.88. The van der Waals surface area contributed by atoms with Crippen molar-refractivity contribution >= 4 is 11.9 Å². The molecule has 0 aromatic heterocycles. The minimum absolute atomic E-state index is 0.0322. The van der Waals surface area contributed by atoms with E-state index in [4.69, 9.17) is 0 Å². The van der Waals surface area contributed by atoms with E-state index in [-0.39, 0.29) is 5.57 Å². The molecule has 0 bridgehead atoms. The Labute approximate surface area is 105 Å². The SMILES string of the molecule is C=C(C)C(=O)OCC(=O)OCC(F)(F)CC(F)(F)F. The molecule has 0 amide bonds. The Kier molecular flexibility index (Phi) is 5.91. The monoisotopic (exact) mass is 290 g/mol. The lowest BCUT2D eigenvalue weighted by Gasteiger charge is -2.17. The van der Waals surface area contributed by atoms with Crippen LogP contribution in [0.15, 0.2) is 12.2 Å². The number of esters is 2. The maximum Gasteiger partial charge on any atom is 0.394 e. The van der Waals surface area contributed by atoms with Crippen LogP contribution in [0, 0.1) is 0 Å². The fourth-order valence-corrected chi connectivity index (χ4v) is 0.820. The fraction of sp³-hybridized carbons (Fsp3) is 0.600. The second-order valence-corrected chi connectivity index (χ2v) is 3.67. The molecule has 0 aliphatic rings. The van der Waals surface area contributed by atoms with E-state index in [2.05, 4.69) is 16.1 Å². The van der Waals surface area contributed by atoms with E-state index in [1.165, 1.54) is 6.92 Å². The first kappa shape index (κ1) is 17.3.